The Kier molecular flexibility index (Phi) is 7.96. The van der Waals surface area contributed by atoms with Crippen molar-refractivity contribution in [1.29, 1.82) is 0 Å². The van der Waals surface area contributed by atoms with Crippen molar-refractivity contribution in [2.24, 2.45) is 10.8 Å². The van der Waals surface area contributed by atoms with E-state index in [1.54, 1.807) is 6.20 Å². The molecule has 0 unspecified atom stereocenters. The van der Waals surface area contributed by atoms with Crippen molar-refractivity contribution in [3.05, 3.63) is 24.0 Å². The van der Waals surface area contributed by atoms with Gasteiger partial charge in [-0.15, -0.1) is 0 Å². The molecule has 2 aromatic rings. The molecule has 1 aliphatic carbocycles. The Balaban J connectivity index is 1.62. The van der Waals surface area contributed by atoms with Gasteiger partial charge in [0.2, 0.25) is 5.89 Å². The molecule has 8 heteroatoms. The predicted octanol–water partition coefficient (Wildman–Crippen LogP) is 5.62. The van der Waals surface area contributed by atoms with Crippen LogP contribution in [0.3, 0.4) is 0 Å². The molecular formula is C24H39N5O3. The normalized spacial score (nSPS) is 17.2. The smallest absolute Gasteiger partial charge is 0.304 e. The first-order chi connectivity index (χ1) is 15.2. The number of aromatic nitrogens is 4. The number of hydrogen-bond donors (Lipinski definition) is 2. The van der Waals surface area contributed by atoms with Gasteiger partial charge in [-0.2, -0.15) is 10.1 Å². The maximum Gasteiger partial charge on any atom is 0.304 e. The first-order valence-corrected chi connectivity index (χ1v) is 12.0. The molecular weight excluding hydrogens is 406 g/mol. The monoisotopic (exact) mass is 445 g/mol. The van der Waals surface area contributed by atoms with Crippen LogP contribution in [0.5, 0.6) is 0 Å². The zero-order valence-corrected chi connectivity index (χ0v) is 20.1. The summed E-state index contributed by atoms with van der Waals surface area (Å²) in [5.41, 5.74) is 0.592. The molecule has 0 bridgehead atoms. The van der Waals surface area contributed by atoms with Crippen molar-refractivity contribution in [1.82, 2.24) is 19.9 Å². The molecule has 0 aliphatic heterocycles. The van der Waals surface area contributed by atoms with Crippen LogP contribution in [0.4, 0.5) is 5.82 Å². The van der Waals surface area contributed by atoms with E-state index >= 15 is 0 Å². The van der Waals surface area contributed by atoms with E-state index in [9.17, 15) is 9.90 Å². The van der Waals surface area contributed by atoms with Crippen molar-refractivity contribution in [3.8, 4) is 0 Å². The second-order valence-corrected chi connectivity index (χ2v) is 10.2. The molecule has 1 aliphatic rings. The maximum atomic E-state index is 11.5. The van der Waals surface area contributed by atoms with Crippen LogP contribution in [-0.2, 0) is 17.9 Å². The third-order valence-corrected chi connectivity index (χ3v) is 7.31. The van der Waals surface area contributed by atoms with E-state index in [0.29, 0.717) is 23.7 Å². The lowest BCUT2D eigenvalue weighted by Crippen LogP contribution is -2.37. The highest BCUT2D eigenvalue weighted by atomic mass is 16.5. The minimum Gasteiger partial charge on any atom is -0.481 e. The van der Waals surface area contributed by atoms with Gasteiger partial charge in [-0.3, -0.25) is 9.48 Å². The standard InChI is InChI=1S/C24H39N5O3/c1-5-29-20(11-15-26-29)25-17-19-27-22(32-28-19)18(16-21(30)31)10-9-14-24(23(2,3)4)12-7-6-8-13-24/h11,15,18,25H,5-10,12-14,16-17H2,1-4H3,(H,30,31)/t18-/m1/s1. The van der Waals surface area contributed by atoms with E-state index in [4.69, 9.17) is 4.52 Å². The van der Waals surface area contributed by atoms with Crippen molar-refractivity contribution in [2.75, 3.05) is 5.32 Å². The summed E-state index contributed by atoms with van der Waals surface area (Å²) in [5, 5.41) is 21.0. The highest BCUT2D eigenvalue weighted by molar-refractivity contribution is 5.67. The lowest BCUT2D eigenvalue weighted by molar-refractivity contribution is -0.137. The van der Waals surface area contributed by atoms with E-state index in [1.807, 2.05) is 17.7 Å². The van der Waals surface area contributed by atoms with Crippen molar-refractivity contribution >= 4 is 11.8 Å². The molecule has 1 fully saturated rings. The fourth-order valence-electron chi connectivity index (χ4n) is 5.22. The highest BCUT2D eigenvalue weighted by Gasteiger charge is 2.41. The molecule has 2 N–H and O–H groups in total. The molecule has 8 nitrogen and oxygen atoms in total. The first-order valence-electron chi connectivity index (χ1n) is 12.0. The van der Waals surface area contributed by atoms with Crippen LogP contribution in [0.25, 0.3) is 0 Å². The van der Waals surface area contributed by atoms with Crippen LogP contribution in [0.2, 0.25) is 0 Å². The average molecular weight is 446 g/mol. The van der Waals surface area contributed by atoms with Crippen LogP contribution in [-0.4, -0.2) is 31.0 Å². The molecule has 1 saturated carbocycles. The first kappa shape index (κ1) is 24.3. The molecule has 32 heavy (non-hydrogen) atoms. The Morgan fingerprint density at radius 2 is 2.06 bits per heavy atom. The van der Waals surface area contributed by atoms with Gasteiger partial charge >= 0.3 is 5.97 Å². The van der Waals surface area contributed by atoms with Gasteiger partial charge in [-0.05, 0) is 43.4 Å². The number of nitrogens with one attached hydrogen (secondary N) is 1. The minimum absolute atomic E-state index is 0.0141. The molecule has 2 aromatic heterocycles. The lowest BCUT2D eigenvalue weighted by Gasteiger charge is -2.48. The number of rotatable bonds is 11. The number of hydrogen-bond acceptors (Lipinski definition) is 6. The summed E-state index contributed by atoms with van der Waals surface area (Å²) < 4.78 is 7.35. The summed E-state index contributed by atoms with van der Waals surface area (Å²) in [4.78, 5) is 16.0. The molecule has 3 rings (SSSR count). The van der Waals surface area contributed by atoms with Gasteiger partial charge < -0.3 is 14.9 Å². The largest absolute Gasteiger partial charge is 0.481 e. The fourth-order valence-corrected chi connectivity index (χ4v) is 5.22. The van der Waals surface area contributed by atoms with Crippen LogP contribution < -0.4 is 5.32 Å². The van der Waals surface area contributed by atoms with Crippen molar-refractivity contribution < 1.29 is 14.4 Å². The molecule has 1 atom stereocenters. The van der Waals surface area contributed by atoms with Gasteiger partial charge in [0.05, 0.1) is 19.2 Å². The maximum absolute atomic E-state index is 11.5. The SMILES string of the molecule is CCn1nccc1NCc1noc([C@H](CCCC2(C(C)(C)C)CCCCC2)CC(=O)O)n1. The van der Waals surface area contributed by atoms with E-state index < -0.39 is 5.97 Å². The number of carbonyl (C=O) groups is 1. The molecule has 0 amide bonds. The van der Waals surface area contributed by atoms with Gasteiger partial charge in [0, 0.05) is 18.5 Å². The summed E-state index contributed by atoms with van der Waals surface area (Å²) in [6, 6.07) is 1.90. The second kappa shape index (κ2) is 10.5. The quantitative estimate of drug-likeness (QED) is 0.462. The molecule has 178 valence electrons. The molecule has 0 aromatic carbocycles. The van der Waals surface area contributed by atoms with E-state index in [1.165, 1.54) is 32.1 Å². The summed E-state index contributed by atoms with van der Waals surface area (Å²) in [6.07, 6.45) is 11.1. The zero-order valence-electron chi connectivity index (χ0n) is 20.1. The van der Waals surface area contributed by atoms with Gasteiger partial charge in [0.25, 0.3) is 0 Å². The minimum atomic E-state index is -0.831. The lowest BCUT2D eigenvalue weighted by atomic mass is 9.57. The number of carboxylic acid groups (broad SMARTS) is 1. The zero-order chi connectivity index (χ0) is 23.2. The average Bonchev–Trinajstić information content (AvgIpc) is 3.40. The number of aryl methyl sites for hydroxylation is 1. The van der Waals surface area contributed by atoms with Crippen LogP contribution in [0, 0.1) is 10.8 Å². The summed E-state index contributed by atoms with van der Waals surface area (Å²) >= 11 is 0. The van der Waals surface area contributed by atoms with Crippen LogP contribution in [0.15, 0.2) is 16.8 Å². The van der Waals surface area contributed by atoms with Gasteiger partial charge in [0.15, 0.2) is 5.82 Å². The number of anilines is 1. The topological polar surface area (TPSA) is 106 Å². The Morgan fingerprint density at radius 1 is 1.31 bits per heavy atom. The van der Waals surface area contributed by atoms with Crippen molar-refractivity contribution in [2.45, 2.75) is 104 Å². The molecule has 0 saturated heterocycles. The van der Waals surface area contributed by atoms with E-state index in [-0.39, 0.29) is 17.8 Å². The second-order valence-electron chi connectivity index (χ2n) is 10.2. The Hall–Kier alpha value is -2.38. The third kappa shape index (κ3) is 5.90. The highest BCUT2D eigenvalue weighted by Crippen LogP contribution is 2.53. The Bertz CT molecular complexity index is 861. The van der Waals surface area contributed by atoms with Crippen LogP contribution >= 0.6 is 0 Å². The molecule has 0 radical (unpaired) electrons. The predicted molar refractivity (Wildman–Crippen MR) is 123 cm³/mol. The fraction of sp³-hybridized carbons (Fsp3) is 0.750. The summed E-state index contributed by atoms with van der Waals surface area (Å²) in [6.45, 7) is 10.3. The number of aliphatic carboxylic acids is 1. The molecule has 0 spiro atoms. The van der Waals surface area contributed by atoms with Crippen molar-refractivity contribution in [3.63, 3.8) is 0 Å². The van der Waals surface area contributed by atoms with Gasteiger partial charge in [-0.25, -0.2) is 0 Å². The Labute approximate surface area is 191 Å². The number of carboxylic acids is 1. The number of nitrogens with zero attached hydrogens (tertiary/aromatic N) is 4. The summed E-state index contributed by atoms with van der Waals surface area (Å²) in [7, 11) is 0. The third-order valence-electron chi connectivity index (χ3n) is 7.31. The summed E-state index contributed by atoms with van der Waals surface area (Å²) in [5.74, 6) is 0.763. The molecule has 2 heterocycles. The van der Waals surface area contributed by atoms with E-state index in [0.717, 1.165) is 31.6 Å². The van der Waals surface area contributed by atoms with Crippen LogP contribution in [0.1, 0.15) is 103 Å². The van der Waals surface area contributed by atoms with Gasteiger partial charge in [0.1, 0.15) is 5.82 Å². The van der Waals surface area contributed by atoms with Gasteiger partial charge in [-0.1, -0.05) is 51.6 Å². The van der Waals surface area contributed by atoms with E-state index in [2.05, 4.69) is 41.3 Å². The Morgan fingerprint density at radius 3 is 2.72 bits per heavy atom.